The van der Waals surface area contributed by atoms with Gasteiger partial charge in [-0.1, -0.05) is 42.0 Å². The number of Topliss-reactive ketones (excluding diaryl/α,β-unsaturated/α-hetero) is 1. The number of aromatic carboxylic acids is 1. The smallest absolute Gasteiger partial charge is 0.336 e. The number of aryl methyl sites for hydroxylation is 1. The lowest BCUT2D eigenvalue weighted by Gasteiger charge is -2.18. The molecule has 0 fully saturated rings. The molecule has 0 aromatic heterocycles. The zero-order valence-corrected chi connectivity index (χ0v) is 15.6. The quantitative estimate of drug-likeness (QED) is 0.582. The summed E-state index contributed by atoms with van der Waals surface area (Å²) in [5.74, 6) is -0.528. The number of methoxy groups -OCH3 is 1. The SMILES string of the molecule is COc1cc(C)c(C(=O)O)c(CC(=O)c2ccccc2)c1CC=C(C)C. The van der Waals surface area contributed by atoms with E-state index in [2.05, 4.69) is 0 Å². The Kier molecular flexibility index (Phi) is 6.34. The third kappa shape index (κ3) is 4.39. The Balaban J connectivity index is 2.62. The maximum Gasteiger partial charge on any atom is 0.336 e. The third-order valence-electron chi connectivity index (χ3n) is 4.29. The monoisotopic (exact) mass is 352 g/mol. The van der Waals surface area contributed by atoms with Gasteiger partial charge in [0.05, 0.1) is 12.7 Å². The largest absolute Gasteiger partial charge is 0.496 e. The third-order valence-corrected chi connectivity index (χ3v) is 4.29. The van der Waals surface area contributed by atoms with E-state index in [1.807, 2.05) is 26.0 Å². The second-order valence-electron chi connectivity index (χ2n) is 6.48. The average molecular weight is 352 g/mol. The van der Waals surface area contributed by atoms with Gasteiger partial charge in [0.2, 0.25) is 0 Å². The minimum atomic E-state index is -1.03. The highest BCUT2D eigenvalue weighted by molar-refractivity contribution is 6.00. The van der Waals surface area contributed by atoms with Crippen LogP contribution in [0.1, 0.15) is 51.3 Å². The molecule has 0 atom stereocenters. The van der Waals surface area contributed by atoms with E-state index in [4.69, 9.17) is 4.74 Å². The molecule has 2 aromatic carbocycles. The van der Waals surface area contributed by atoms with E-state index in [0.717, 1.165) is 11.1 Å². The second-order valence-corrected chi connectivity index (χ2v) is 6.48. The summed E-state index contributed by atoms with van der Waals surface area (Å²) in [6.45, 7) is 5.69. The van der Waals surface area contributed by atoms with Crippen molar-refractivity contribution in [2.24, 2.45) is 0 Å². The van der Waals surface area contributed by atoms with Crippen molar-refractivity contribution >= 4 is 11.8 Å². The highest BCUT2D eigenvalue weighted by atomic mass is 16.5. The lowest BCUT2D eigenvalue weighted by Crippen LogP contribution is -2.14. The number of rotatable bonds is 7. The fourth-order valence-electron chi connectivity index (χ4n) is 2.99. The van der Waals surface area contributed by atoms with E-state index in [0.29, 0.717) is 28.9 Å². The number of benzene rings is 2. The molecule has 0 saturated heterocycles. The summed E-state index contributed by atoms with van der Waals surface area (Å²) in [6.07, 6.45) is 2.55. The number of hydrogen-bond acceptors (Lipinski definition) is 3. The standard InChI is InChI=1S/C22H24O4/c1-14(2)10-11-17-18(13-19(23)16-8-6-5-7-9-16)21(22(24)25)15(3)12-20(17)26-4/h5-10,12H,11,13H2,1-4H3,(H,24,25). The number of allylic oxidation sites excluding steroid dienone is 2. The van der Waals surface area contributed by atoms with Crippen LogP contribution in [-0.2, 0) is 12.8 Å². The highest BCUT2D eigenvalue weighted by Crippen LogP contribution is 2.31. The molecular formula is C22H24O4. The number of hydrogen-bond donors (Lipinski definition) is 1. The molecule has 0 aliphatic heterocycles. The van der Waals surface area contributed by atoms with Gasteiger partial charge in [0.1, 0.15) is 5.75 Å². The molecule has 0 aliphatic carbocycles. The van der Waals surface area contributed by atoms with E-state index >= 15 is 0 Å². The van der Waals surface area contributed by atoms with Gasteiger partial charge in [0.25, 0.3) is 0 Å². The molecule has 4 nitrogen and oxygen atoms in total. The average Bonchev–Trinajstić information content (AvgIpc) is 2.60. The fraction of sp³-hybridized carbons (Fsp3) is 0.273. The van der Waals surface area contributed by atoms with Crippen LogP contribution < -0.4 is 4.74 Å². The Labute approximate surface area is 154 Å². The van der Waals surface area contributed by atoms with Crippen LogP contribution in [0.2, 0.25) is 0 Å². The summed E-state index contributed by atoms with van der Waals surface area (Å²) >= 11 is 0. The molecule has 1 N–H and O–H groups in total. The second kappa shape index (κ2) is 8.48. The Morgan fingerprint density at radius 3 is 2.31 bits per heavy atom. The highest BCUT2D eigenvalue weighted by Gasteiger charge is 2.23. The van der Waals surface area contributed by atoms with Crippen molar-refractivity contribution in [3.05, 3.63) is 75.9 Å². The van der Waals surface area contributed by atoms with Crippen LogP contribution in [0.3, 0.4) is 0 Å². The number of carboxylic acid groups (broad SMARTS) is 1. The number of ether oxygens (including phenoxy) is 1. The van der Waals surface area contributed by atoms with Crippen LogP contribution in [0.25, 0.3) is 0 Å². The fourth-order valence-corrected chi connectivity index (χ4v) is 2.99. The predicted octanol–water partition coefficient (Wildman–Crippen LogP) is 4.64. The molecule has 0 amide bonds. The van der Waals surface area contributed by atoms with Crippen LogP contribution in [0.5, 0.6) is 5.75 Å². The molecule has 0 spiro atoms. The van der Waals surface area contributed by atoms with Crippen LogP contribution in [0.4, 0.5) is 0 Å². The maximum atomic E-state index is 12.7. The first kappa shape index (κ1) is 19.4. The number of carbonyl (C=O) groups is 2. The van der Waals surface area contributed by atoms with Gasteiger partial charge >= 0.3 is 5.97 Å². The van der Waals surface area contributed by atoms with Gasteiger partial charge in [0.15, 0.2) is 5.78 Å². The molecule has 0 aliphatic rings. The Hall–Kier alpha value is -2.88. The van der Waals surface area contributed by atoms with Crippen LogP contribution in [0, 0.1) is 6.92 Å². The van der Waals surface area contributed by atoms with Gasteiger partial charge in [-0.05, 0) is 44.4 Å². The summed E-state index contributed by atoms with van der Waals surface area (Å²) in [5.41, 5.74) is 3.74. The molecule has 0 heterocycles. The molecule has 136 valence electrons. The van der Waals surface area contributed by atoms with E-state index in [-0.39, 0.29) is 17.8 Å². The first-order valence-corrected chi connectivity index (χ1v) is 8.49. The van der Waals surface area contributed by atoms with Crippen molar-refractivity contribution in [2.75, 3.05) is 7.11 Å². The summed E-state index contributed by atoms with van der Waals surface area (Å²) in [5, 5.41) is 9.73. The molecule has 0 bridgehead atoms. The summed E-state index contributed by atoms with van der Waals surface area (Å²) in [4.78, 5) is 24.6. The Morgan fingerprint density at radius 2 is 1.77 bits per heavy atom. The van der Waals surface area contributed by atoms with E-state index in [1.165, 1.54) is 0 Å². The lowest BCUT2D eigenvalue weighted by atomic mass is 9.89. The Morgan fingerprint density at radius 1 is 1.12 bits per heavy atom. The first-order chi connectivity index (χ1) is 12.3. The van der Waals surface area contributed by atoms with Gasteiger partial charge in [0, 0.05) is 17.5 Å². The molecule has 2 aromatic rings. The number of ketones is 1. The summed E-state index contributed by atoms with van der Waals surface area (Å²) < 4.78 is 5.49. The molecule has 0 saturated carbocycles. The Bertz CT molecular complexity index is 844. The van der Waals surface area contributed by atoms with E-state index in [9.17, 15) is 14.7 Å². The van der Waals surface area contributed by atoms with Gasteiger partial charge in [-0.25, -0.2) is 4.79 Å². The molecular weight excluding hydrogens is 328 g/mol. The molecule has 26 heavy (non-hydrogen) atoms. The van der Waals surface area contributed by atoms with Crippen molar-refractivity contribution in [3.63, 3.8) is 0 Å². The van der Waals surface area contributed by atoms with Crippen molar-refractivity contribution in [1.29, 1.82) is 0 Å². The minimum absolute atomic E-state index is 0.0234. The summed E-state index contributed by atoms with van der Waals surface area (Å²) in [7, 11) is 1.56. The molecule has 2 rings (SSSR count). The van der Waals surface area contributed by atoms with Gasteiger partial charge in [-0.15, -0.1) is 0 Å². The zero-order valence-electron chi connectivity index (χ0n) is 15.6. The van der Waals surface area contributed by atoms with Crippen molar-refractivity contribution in [2.45, 2.75) is 33.6 Å². The predicted molar refractivity (Wildman–Crippen MR) is 102 cm³/mol. The van der Waals surface area contributed by atoms with Gasteiger partial charge in [-0.2, -0.15) is 0 Å². The van der Waals surface area contributed by atoms with Gasteiger partial charge < -0.3 is 9.84 Å². The topological polar surface area (TPSA) is 63.6 Å². The van der Waals surface area contributed by atoms with Gasteiger partial charge in [-0.3, -0.25) is 4.79 Å². The minimum Gasteiger partial charge on any atom is -0.496 e. The molecule has 0 radical (unpaired) electrons. The summed E-state index contributed by atoms with van der Waals surface area (Å²) in [6, 6.07) is 10.7. The zero-order chi connectivity index (χ0) is 19.3. The van der Waals surface area contributed by atoms with E-state index < -0.39 is 5.97 Å². The number of carboxylic acids is 1. The first-order valence-electron chi connectivity index (χ1n) is 8.49. The van der Waals surface area contributed by atoms with Crippen molar-refractivity contribution < 1.29 is 19.4 Å². The molecule has 4 heteroatoms. The molecule has 0 unspecified atom stereocenters. The van der Waals surface area contributed by atoms with Crippen molar-refractivity contribution in [1.82, 2.24) is 0 Å². The normalized spacial score (nSPS) is 10.3. The van der Waals surface area contributed by atoms with E-state index in [1.54, 1.807) is 44.4 Å². The van der Waals surface area contributed by atoms with Crippen LogP contribution in [-0.4, -0.2) is 24.0 Å². The van der Waals surface area contributed by atoms with Crippen LogP contribution in [0.15, 0.2) is 48.0 Å². The van der Waals surface area contributed by atoms with Crippen molar-refractivity contribution in [3.8, 4) is 5.75 Å². The van der Waals surface area contributed by atoms with Crippen LogP contribution >= 0.6 is 0 Å². The maximum absolute atomic E-state index is 12.7. The number of carbonyl (C=O) groups excluding carboxylic acids is 1. The lowest BCUT2D eigenvalue weighted by molar-refractivity contribution is 0.0695.